The van der Waals surface area contributed by atoms with Crippen LogP contribution in [0.2, 0.25) is 0 Å². The molecule has 1 aliphatic heterocycles. The zero-order valence-corrected chi connectivity index (χ0v) is 20.0. The number of anilines is 3. The van der Waals surface area contributed by atoms with Crippen molar-refractivity contribution >= 4 is 28.5 Å². The number of rotatable bonds is 7. The van der Waals surface area contributed by atoms with Gasteiger partial charge in [0, 0.05) is 61.2 Å². The number of halogens is 2. The molecule has 4 heterocycles. The first-order valence-corrected chi connectivity index (χ1v) is 11.7. The Morgan fingerprint density at radius 3 is 2.63 bits per heavy atom. The number of hydrogen-bond acceptors (Lipinski definition) is 7. The Balaban J connectivity index is 1.50. The number of piperazine rings is 1. The molecule has 1 aromatic carbocycles. The van der Waals surface area contributed by atoms with Gasteiger partial charge in [-0.25, -0.2) is 8.78 Å². The number of ether oxygens (including phenoxy) is 1. The Morgan fingerprint density at radius 2 is 1.86 bits per heavy atom. The van der Waals surface area contributed by atoms with E-state index in [4.69, 9.17) is 4.74 Å². The standard InChI is InChI=1S/C24H28F2N8O/c1-4-5-15-11-20(32-31-15)28-19-13-21(30-24(29-19)34-8-6-33(3)7-9-34)35-23-17(25)12-18-16(22(23)26)10-14(2)27-18/h10-13,27H,4-9H2,1-3H3,(H2,28,29,30,31,32). The van der Waals surface area contributed by atoms with Crippen LogP contribution < -0.4 is 15.0 Å². The predicted molar refractivity (Wildman–Crippen MR) is 131 cm³/mol. The molecular weight excluding hydrogens is 454 g/mol. The quantitative estimate of drug-likeness (QED) is 0.357. The molecule has 0 amide bonds. The van der Waals surface area contributed by atoms with Crippen LogP contribution in [0.3, 0.4) is 0 Å². The second-order valence-electron chi connectivity index (χ2n) is 8.85. The molecule has 0 bridgehead atoms. The number of aromatic nitrogens is 5. The van der Waals surface area contributed by atoms with Gasteiger partial charge in [0.05, 0.1) is 5.52 Å². The summed E-state index contributed by atoms with van der Waals surface area (Å²) in [5, 5.41) is 10.7. The zero-order valence-electron chi connectivity index (χ0n) is 20.0. The highest BCUT2D eigenvalue weighted by Crippen LogP contribution is 2.34. The van der Waals surface area contributed by atoms with E-state index in [-0.39, 0.29) is 11.3 Å². The summed E-state index contributed by atoms with van der Waals surface area (Å²) < 4.78 is 35.7. The third kappa shape index (κ3) is 4.90. The Kier molecular flexibility index (Phi) is 6.25. The monoisotopic (exact) mass is 482 g/mol. The second-order valence-corrected chi connectivity index (χ2v) is 8.85. The van der Waals surface area contributed by atoms with E-state index in [9.17, 15) is 4.39 Å². The third-order valence-electron chi connectivity index (χ3n) is 6.00. The number of nitrogens with zero attached hydrogens (tertiary/aromatic N) is 5. The molecule has 9 nitrogen and oxygen atoms in total. The van der Waals surface area contributed by atoms with Gasteiger partial charge < -0.3 is 24.8 Å². The smallest absolute Gasteiger partial charge is 0.230 e. The lowest BCUT2D eigenvalue weighted by Crippen LogP contribution is -2.45. The zero-order chi connectivity index (χ0) is 24.5. The van der Waals surface area contributed by atoms with Gasteiger partial charge in [-0.05, 0) is 26.5 Å². The van der Waals surface area contributed by atoms with Crippen molar-refractivity contribution in [2.45, 2.75) is 26.7 Å². The maximum absolute atomic E-state index is 15.2. The molecule has 0 saturated carbocycles. The maximum Gasteiger partial charge on any atom is 0.230 e. The van der Waals surface area contributed by atoms with E-state index in [1.165, 1.54) is 12.1 Å². The minimum absolute atomic E-state index is 0.0325. The molecule has 0 radical (unpaired) electrons. The van der Waals surface area contributed by atoms with Crippen LogP contribution in [0.25, 0.3) is 10.9 Å². The summed E-state index contributed by atoms with van der Waals surface area (Å²) in [5.41, 5.74) is 2.09. The van der Waals surface area contributed by atoms with E-state index < -0.39 is 17.4 Å². The van der Waals surface area contributed by atoms with Crippen molar-refractivity contribution in [2.24, 2.45) is 0 Å². The highest BCUT2D eigenvalue weighted by atomic mass is 19.1. The molecule has 0 unspecified atom stereocenters. The SMILES string of the molecule is CCCc1cc(Nc2cc(Oc3c(F)cc4[nH]c(C)cc4c3F)nc(N3CCN(C)CC3)n2)n[nH]1. The van der Waals surface area contributed by atoms with Crippen LogP contribution in [0.15, 0.2) is 24.3 Å². The molecule has 0 spiro atoms. The number of aromatic amines is 2. The summed E-state index contributed by atoms with van der Waals surface area (Å²) in [7, 11) is 2.06. The first-order valence-electron chi connectivity index (χ1n) is 11.7. The predicted octanol–water partition coefficient (Wildman–Crippen LogP) is 4.51. The fourth-order valence-electron chi connectivity index (χ4n) is 4.15. The Bertz CT molecular complexity index is 1340. The molecule has 35 heavy (non-hydrogen) atoms. The molecule has 4 aromatic rings. The number of hydrogen-bond donors (Lipinski definition) is 3. The largest absolute Gasteiger partial charge is 0.433 e. The van der Waals surface area contributed by atoms with Crippen molar-refractivity contribution in [1.82, 2.24) is 30.0 Å². The number of benzene rings is 1. The molecule has 0 atom stereocenters. The summed E-state index contributed by atoms with van der Waals surface area (Å²) in [6, 6.07) is 6.26. The topological polar surface area (TPSA) is 98.0 Å². The Hall–Kier alpha value is -3.73. The van der Waals surface area contributed by atoms with Crippen molar-refractivity contribution < 1.29 is 13.5 Å². The number of likely N-dealkylation sites (N-methyl/N-ethyl adjacent to an activating group) is 1. The van der Waals surface area contributed by atoms with Crippen LogP contribution in [-0.4, -0.2) is 63.3 Å². The van der Waals surface area contributed by atoms with Crippen LogP contribution in [-0.2, 0) is 6.42 Å². The average molecular weight is 483 g/mol. The van der Waals surface area contributed by atoms with Gasteiger partial charge in [0.25, 0.3) is 0 Å². The molecule has 3 aromatic heterocycles. The molecule has 1 fully saturated rings. The third-order valence-corrected chi connectivity index (χ3v) is 6.00. The number of nitrogens with one attached hydrogen (secondary N) is 3. The summed E-state index contributed by atoms with van der Waals surface area (Å²) >= 11 is 0. The second kappa shape index (κ2) is 9.49. The van der Waals surface area contributed by atoms with E-state index in [2.05, 4.69) is 49.3 Å². The summed E-state index contributed by atoms with van der Waals surface area (Å²) in [5.74, 6) is -0.651. The van der Waals surface area contributed by atoms with Gasteiger partial charge >= 0.3 is 0 Å². The van der Waals surface area contributed by atoms with Gasteiger partial charge in [0.1, 0.15) is 5.82 Å². The van der Waals surface area contributed by atoms with Crippen LogP contribution in [0.4, 0.5) is 26.4 Å². The fraction of sp³-hybridized carbons (Fsp3) is 0.375. The fourth-order valence-corrected chi connectivity index (χ4v) is 4.15. The van der Waals surface area contributed by atoms with Crippen molar-refractivity contribution in [3.05, 3.63) is 47.3 Å². The van der Waals surface area contributed by atoms with Gasteiger partial charge in [0.15, 0.2) is 17.5 Å². The first kappa shape index (κ1) is 23.0. The van der Waals surface area contributed by atoms with Crippen molar-refractivity contribution in [1.29, 1.82) is 0 Å². The summed E-state index contributed by atoms with van der Waals surface area (Å²) in [6.45, 7) is 7.02. The summed E-state index contributed by atoms with van der Waals surface area (Å²) in [6.07, 6.45) is 1.86. The van der Waals surface area contributed by atoms with E-state index in [0.717, 1.165) is 50.4 Å². The van der Waals surface area contributed by atoms with Gasteiger partial charge in [-0.3, -0.25) is 5.10 Å². The molecule has 1 saturated heterocycles. The van der Waals surface area contributed by atoms with Gasteiger partial charge in [-0.2, -0.15) is 15.1 Å². The van der Waals surface area contributed by atoms with Gasteiger partial charge in [0.2, 0.25) is 17.6 Å². The van der Waals surface area contributed by atoms with Gasteiger partial charge in [-0.1, -0.05) is 13.3 Å². The van der Waals surface area contributed by atoms with E-state index in [0.29, 0.717) is 23.1 Å². The molecule has 0 aliphatic carbocycles. The van der Waals surface area contributed by atoms with Crippen molar-refractivity contribution in [2.75, 3.05) is 43.4 Å². The Labute approximate surface area is 201 Å². The minimum Gasteiger partial charge on any atom is -0.433 e. The normalized spacial score (nSPS) is 14.6. The Morgan fingerprint density at radius 1 is 1.06 bits per heavy atom. The highest BCUT2D eigenvalue weighted by Gasteiger charge is 2.22. The lowest BCUT2D eigenvalue weighted by Gasteiger charge is -2.32. The van der Waals surface area contributed by atoms with Crippen LogP contribution in [0.5, 0.6) is 11.6 Å². The molecule has 5 rings (SSSR count). The van der Waals surface area contributed by atoms with E-state index in [1.54, 1.807) is 13.0 Å². The number of fused-ring (bicyclic) bond motifs is 1. The lowest BCUT2D eigenvalue weighted by atomic mass is 10.2. The van der Waals surface area contributed by atoms with Crippen molar-refractivity contribution in [3.8, 4) is 11.6 Å². The molecule has 3 N–H and O–H groups in total. The molecule has 11 heteroatoms. The number of H-pyrrole nitrogens is 2. The first-order chi connectivity index (χ1) is 16.9. The van der Waals surface area contributed by atoms with Crippen molar-refractivity contribution in [3.63, 3.8) is 0 Å². The number of aryl methyl sites for hydroxylation is 2. The average Bonchev–Trinajstić information content (AvgIpc) is 3.42. The summed E-state index contributed by atoms with van der Waals surface area (Å²) in [4.78, 5) is 16.3. The van der Waals surface area contributed by atoms with E-state index in [1.807, 2.05) is 11.0 Å². The van der Waals surface area contributed by atoms with Crippen LogP contribution in [0.1, 0.15) is 24.7 Å². The highest BCUT2D eigenvalue weighted by molar-refractivity contribution is 5.83. The maximum atomic E-state index is 15.2. The molecule has 1 aliphatic rings. The molecular formula is C24H28F2N8O. The van der Waals surface area contributed by atoms with Crippen LogP contribution >= 0.6 is 0 Å². The van der Waals surface area contributed by atoms with E-state index >= 15 is 4.39 Å². The van der Waals surface area contributed by atoms with Crippen LogP contribution in [0, 0.1) is 18.6 Å². The minimum atomic E-state index is -0.817. The van der Waals surface area contributed by atoms with Gasteiger partial charge in [-0.15, -0.1) is 0 Å². The molecule has 184 valence electrons. The lowest BCUT2D eigenvalue weighted by molar-refractivity contribution is 0.310.